The summed E-state index contributed by atoms with van der Waals surface area (Å²) in [4.78, 5) is 18.7. The number of carbonyl (C=O) groups excluding carboxylic acids is 1. The van der Waals surface area contributed by atoms with E-state index in [-0.39, 0.29) is 12.4 Å². The third-order valence-electron chi connectivity index (χ3n) is 5.29. The van der Waals surface area contributed by atoms with Crippen molar-refractivity contribution in [3.63, 3.8) is 0 Å². The van der Waals surface area contributed by atoms with Crippen LogP contribution in [0.5, 0.6) is 5.75 Å². The molecule has 2 heterocycles. The Kier molecular flexibility index (Phi) is 6.54. The third-order valence-corrected chi connectivity index (χ3v) is 5.29. The molecule has 9 heteroatoms. The topological polar surface area (TPSA) is 124 Å². The number of nitrogens with one attached hydrogen (secondary N) is 2. The summed E-state index contributed by atoms with van der Waals surface area (Å²) in [5.41, 5.74) is 1.21. The van der Waals surface area contributed by atoms with Crippen LogP contribution in [0.1, 0.15) is 41.4 Å². The first kappa shape index (κ1) is 23.3. The molecule has 34 heavy (non-hydrogen) atoms. The fraction of sp³-hybridized carbons (Fsp3) is 0.320. The number of likely N-dealkylation sites (N-methyl/N-ethyl adjacent to an activating group) is 1. The minimum absolute atomic E-state index is 0.00766. The number of H-pyrrole nitrogens is 1. The fourth-order valence-corrected chi connectivity index (χ4v) is 3.51. The number of aromatic amines is 1. The largest absolute Gasteiger partial charge is 0.489 e. The molecule has 9 nitrogen and oxygen atoms in total. The normalized spacial score (nSPS) is 17.6. The number of aromatic nitrogens is 3. The summed E-state index contributed by atoms with van der Waals surface area (Å²) in [7, 11) is 1.70. The maximum absolute atomic E-state index is 12.8. The highest BCUT2D eigenvalue weighted by atomic mass is 16.5. The molecule has 0 fully saturated rings. The molecule has 4 N–H and O–H groups in total. The van der Waals surface area contributed by atoms with Gasteiger partial charge in [0.25, 0.3) is 5.91 Å². The Balaban J connectivity index is 1.45. The van der Waals surface area contributed by atoms with Crippen LogP contribution in [-0.2, 0) is 6.42 Å². The second kappa shape index (κ2) is 9.55. The molecule has 2 atom stereocenters. The van der Waals surface area contributed by atoms with Gasteiger partial charge in [0, 0.05) is 19.0 Å². The van der Waals surface area contributed by atoms with Gasteiger partial charge in [0.05, 0.1) is 5.69 Å². The minimum Gasteiger partial charge on any atom is -0.489 e. The Morgan fingerprint density at radius 1 is 1.29 bits per heavy atom. The monoisotopic (exact) mass is 461 g/mol. The van der Waals surface area contributed by atoms with Crippen molar-refractivity contribution in [2.45, 2.75) is 38.1 Å². The first-order chi connectivity index (χ1) is 16.2. The summed E-state index contributed by atoms with van der Waals surface area (Å²) < 4.78 is 5.86. The highest BCUT2D eigenvalue weighted by Gasteiger charge is 2.32. The summed E-state index contributed by atoms with van der Waals surface area (Å²) in [6.07, 6.45) is -0.544. The van der Waals surface area contributed by atoms with Crippen molar-refractivity contribution in [3.05, 3.63) is 71.3 Å². The summed E-state index contributed by atoms with van der Waals surface area (Å²) in [5.74, 6) is 6.28. The molecule has 2 aromatic carbocycles. The molecule has 3 aromatic rings. The van der Waals surface area contributed by atoms with Gasteiger partial charge in [-0.25, -0.2) is 4.98 Å². The summed E-state index contributed by atoms with van der Waals surface area (Å²) in [6, 6.07) is 14.3. The van der Waals surface area contributed by atoms with Crippen LogP contribution in [0, 0.1) is 11.8 Å². The second-order valence-electron chi connectivity index (χ2n) is 8.68. The van der Waals surface area contributed by atoms with E-state index in [4.69, 9.17) is 4.74 Å². The van der Waals surface area contributed by atoms with Crippen molar-refractivity contribution in [2.75, 3.05) is 18.6 Å². The zero-order chi connectivity index (χ0) is 24.3. The smallest absolute Gasteiger partial charge is 0.291 e. The van der Waals surface area contributed by atoms with Gasteiger partial charge in [0.2, 0.25) is 5.82 Å². The van der Waals surface area contributed by atoms with E-state index in [1.807, 2.05) is 30.3 Å². The van der Waals surface area contributed by atoms with E-state index >= 15 is 0 Å². The number of fused-ring (bicyclic) bond motifs is 1. The Morgan fingerprint density at radius 2 is 2.06 bits per heavy atom. The van der Waals surface area contributed by atoms with Crippen molar-refractivity contribution in [1.29, 1.82) is 0 Å². The first-order valence-electron chi connectivity index (χ1n) is 10.9. The summed E-state index contributed by atoms with van der Waals surface area (Å²) >= 11 is 0. The van der Waals surface area contributed by atoms with Crippen molar-refractivity contribution < 1.29 is 19.7 Å². The highest BCUT2D eigenvalue weighted by molar-refractivity contribution is 5.90. The van der Waals surface area contributed by atoms with E-state index in [9.17, 15) is 15.0 Å². The summed E-state index contributed by atoms with van der Waals surface area (Å²) in [5, 5.41) is 30.3. The van der Waals surface area contributed by atoms with Gasteiger partial charge >= 0.3 is 0 Å². The van der Waals surface area contributed by atoms with E-state index in [2.05, 4.69) is 32.3 Å². The van der Waals surface area contributed by atoms with Crippen molar-refractivity contribution in [2.24, 2.45) is 0 Å². The molecule has 0 bridgehead atoms. The lowest BCUT2D eigenvalue weighted by Crippen LogP contribution is -2.52. The predicted molar refractivity (Wildman–Crippen MR) is 126 cm³/mol. The average molecular weight is 462 g/mol. The molecule has 0 spiro atoms. The number of aliphatic hydroxyl groups is 2. The molecular formula is C25H27N5O4. The standard InChI is InChI=1S/C25H27N5O4/c1-25(2,33)12-11-17-9-10-20-19(13-17)30(3)24(32)18(15-34-20)26-23(31)22-27-21(28-29-22)14-16-7-5-4-6-8-16/h4-10,13,18,24,32-33H,14-15H2,1-3H3,(H,26,31)(H,27,28,29). The van der Waals surface area contributed by atoms with Crippen molar-refractivity contribution >= 4 is 11.6 Å². The Bertz CT molecular complexity index is 1220. The van der Waals surface area contributed by atoms with Crippen molar-refractivity contribution in [1.82, 2.24) is 20.5 Å². The lowest BCUT2D eigenvalue weighted by atomic mass is 10.1. The number of hydrogen-bond donors (Lipinski definition) is 4. The van der Waals surface area contributed by atoms with Crippen LogP contribution in [0.15, 0.2) is 48.5 Å². The number of amides is 1. The van der Waals surface area contributed by atoms with Gasteiger partial charge in [-0.3, -0.25) is 9.89 Å². The molecular weight excluding hydrogens is 434 g/mol. The molecule has 0 saturated carbocycles. The number of carbonyl (C=O) groups is 1. The quantitative estimate of drug-likeness (QED) is 0.434. The zero-order valence-corrected chi connectivity index (χ0v) is 19.2. The molecule has 1 aliphatic heterocycles. The fourth-order valence-electron chi connectivity index (χ4n) is 3.51. The van der Waals surface area contributed by atoms with E-state index in [0.29, 0.717) is 29.2 Å². The minimum atomic E-state index is -1.12. The Morgan fingerprint density at radius 3 is 2.79 bits per heavy atom. The predicted octanol–water partition coefficient (Wildman–Crippen LogP) is 1.46. The Hall–Kier alpha value is -3.87. The van der Waals surface area contributed by atoms with Gasteiger partial charge in [0.1, 0.15) is 29.8 Å². The average Bonchev–Trinajstić information content (AvgIpc) is 3.24. The Labute approximate surface area is 197 Å². The number of nitrogens with zero attached hydrogens (tertiary/aromatic N) is 3. The number of ether oxygens (including phenoxy) is 1. The molecule has 176 valence electrons. The molecule has 0 radical (unpaired) electrons. The van der Waals surface area contributed by atoms with Gasteiger partial charge < -0.3 is 25.2 Å². The van der Waals surface area contributed by atoms with Crippen LogP contribution < -0.4 is 15.0 Å². The maximum Gasteiger partial charge on any atom is 0.291 e. The van der Waals surface area contributed by atoms with E-state index in [0.717, 1.165) is 5.56 Å². The van der Waals surface area contributed by atoms with Crippen LogP contribution in [0.2, 0.25) is 0 Å². The molecule has 1 aliphatic rings. The SMILES string of the molecule is CN1c2cc(C#CC(C)(C)O)ccc2OCC(NC(=O)c2n[nH]c(Cc3ccccc3)n2)C1O. The van der Waals surface area contributed by atoms with Gasteiger partial charge in [0.15, 0.2) is 6.23 Å². The number of aliphatic hydroxyl groups excluding tert-OH is 1. The highest BCUT2D eigenvalue weighted by Crippen LogP contribution is 2.32. The van der Waals surface area contributed by atoms with Gasteiger partial charge in [-0.05, 0) is 37.6 Å². The van der Waals surface area contributed by atoms with Crippen molar-refractivity contribution in [3.8, 4) is 17.6 Å². The van der Waals surface area contributed by atoms with Gasteiger partial charge in [-0.15, -0.1) is 5.10 Å². The first-order valence-corrected chi connectivity index (χ1v) is 10.9. The molecule has 1 aromatic heterocycles. The van der Waals surface area contributed by atoms with E-state index < -0.39 is 23.8 Å². The van der Waals surface area contributed by atoms with Crippen LogP contribution in [0.25, 0.3) is 0 Å². The van der Waals surface area contributed by atoms with Crippen LogP contribution in [-0.4, -0.2) is 62.8 Å². The number of benzene rings is 2. The lowest BCUT2D eigenvalue weighted by molar-refractivity contribution is 0.0763. The second-order valence-corrected chi connectivity index (χ2v) is 8.68. The third kappa shape index (κ3) is 5.54. The van der Waals surface area contributed by atoms with Crippen LogP contribution in [0.4, 0.5) is 5.69 Å². The molecule has 4 rings (SSSR count). The van der Waals surface area contributed by atoms with Gasteiger partial charge in [-0.1, -0.05) is 42.2 Å². The zero-order valence-electron chi connectivity index (χ0n) is 19.2. The van der Waals surface area contributed by atoms with E-state index in [1.165, 1.54) is 0 Å². The maximum atomic E-state index is 12.8. The number of hydrogen-bond acceptors (Lipinski definition) is 7. The van der Waals surface area contributed by atoms with Crippen LogP contribution >= 0.6 is 0 Å². The lowest BCUT2D eigenvalue weighted by Gasteiger charge is -2.28. The molecule has 2 unspecified atom stereocenters. The molecule has 0 saturated heterocycles. The molecule has 0 aliphatic carbocycles. The van der Waals surface area contributed by atoms with Gasteiger partial charge in [-0.2, -0.15) is 0 Å². The van der Waals surface area contributed by atoms with Crippen LogP contribution in [0.3, 0.4) is 0 Å². The summed E-state index contributed by atoms with van der Waals surface area (Å²) in [6.45, 7) is 3.27. The number of rotatable bonds is 4. The molecule has 1 amide bonds. The van der Waals surface area contributed by atoms with E-state index in [1.54, 1.807) is 44.0 Å². The number of anilines is 1.